The summed E-state index contributed by atoms with van der Waals surface area (Å²) in [6.45, 7) is 5.08. The smallest absolute Gasteiger partial charge is 0.358 e. The van der Waals surface area contributed by atoms with Gasteiger partial charge in [-0.2, -0.15) is 5.10 Å². The molecule has 3 amide bonds. The molecule has 10 nitrogen and oxygen atoms in total. The fraction of sp³-hybridized carbons (Fsp3) is 0.500. The monoisotopic (exact) mass is 495 g/mol. The van der Waals surface area contributed by atoms with E-state index in [1.807, 2.05) is 0 Å². The average Bonchev–Trinajstić information content (AvgIpc) is 3.09. The Labute approximate surface area is 210 Å². The van der Waals surface area contributed by atoms with E-state index in [0.29, 0.717) is 11.4 Å². The third kappa shape index (κ3) is 5.12. The highest BCUT2D eigenvalue weighted by molar-refractivity contribution is 6.12. The average molecular weight is 496 g/mol. The molecule has 1 aliphatic carbocycles. The van der Waals surface area contributed by atoms with Gasteiger partial charge in [0.15, 0.2) is 5.69 Å². The van der Waals surface area contributed by atoms with E-state index < -0.39 is 17.4 Å². The van der Waals surface area contributed by atoms with E-state index >= 15 is 0 Å². The largest absolute Gasteiger partial charge is 0.461 e. The molecule has 192 valence electrons. The molecule has 1 aromatic carbocycles. The van der Waals surface area contributed by atoms with Gasteiger partial charge in [-0.25, -0.2) is 4.79 Å². The maximum atomic E-state index is 13.8. The number of hydrogen-bond acceptors (Lipinski definition) is 6. The number of benzene rings is 1. The second-order valence-electron chi connectivity index (χ2n) is 9.60. The number of carbonyl (C=O) groups is 4. The van der Waals surface area contributed by atoms with Gasteiger partial charge in [0.1, 0.15) is 11.2 Å². The first-order valence-corrected chi connectivity index (χ1v) is 12.5. The molecule has 0 radical (unpaired) electrons. The highest BCUT2D eigenvalue weighted by Crippen LogP contribution is 2.34. The quantitative estimate of drug-likeness (QED) is 0.468. The van der Waals surface area contributed by atoms with E-state index in [-0.39, 0.29) is 42.4 Å². The lowest BCUT2D eigenvalue weighted by atomic mass is 9.93. The molecule has 1 aromatic heterocycles. The molecule has 1 atom stereocenters. The van der Waals surface area contributed by atoms with Gasteiger partial charge in [-0.3, -0.25) is 24.0 Å². The van der Waals surface area contributed by atoms with E-state index in [2.05, 4.69) is 15.7 Å². The van der Waals surface area contributed by atoms with Gasteiger partial charge in [0.05, 0.1) is 13.2 Å². The van der Waals surface area contributed by atoms with E-state index in [4.69, 9.17) is 4.74 Å². The number of ether oxygens (including phenoxy) is 1. The molecule has 0 saturated heterocycles. The van der Waals surface area contributed by atoms with Crippen molar-refractivity contribution in [3.05, 3.63) is 41.7 Å². The second kappa shape index (κ2) is 10.5. The molecule has 1 fully saturated rings. The SMILES string of the molecule is CCOC(=O)c1cc2n(n1)C[C@](C)(C(=O)NC1CCCCCC1)N(c1ccc(NC(C)=O)cc1)C2=O. The number of nitrogens with one attached hydrogen (secondary N) is 2. The van der Waals surface area contributed by atoms with Crippen molar-refractivity contribution in [3.63, 3.8) is 0 Å². The zero-order valence-corrected chi connectivity index (χ0v) is 21.0. The Morgan fingerprint density at radius 2 is 1.78 bits per heavy atom. The Morgan fingerprint density at radius 1 is 1.11 bits per heavy atom. The van der Waals surface area contributed by atoms with Crippen LogP contribution in [0.5, 0.6) is 0 Å². The second-order valence-corrected chi connectivity index (χ2v) is 9.60. The number of anilines is 2. The lowest BCUT2D eigenvalue weighted by Gasteiger charge is -2.43. The number of carbonyl (C=O) groups excluding carboxylic acids is 4. The normalized spacial score (nSPS) is 20.3. The van der Waals surface area contributed by atoms with Crippen LogP contribution in [0.15, 0.2) is 30.3 Å². The number of rotatable bonds is 6. The van der Waals surface area contributed by atoms with Crippen molar-refractivity contribution in [1.29, 1.82) is 0 Å². The van der Waals surface area contributed by atoms with Crippen molar-refractivity contribution in [3.8, 4) is 0 Å². The summed E-state index contributed by atoms with van der Waals surface area (Å²) in [7, 11) is 0. The molecule has 36 heavy (non-hydrogen) atoms. The van der Waals surface area contributed by atoms with Crippen LogP contribution in [-0.4, -0.2) is 51.7 Å². The maximum Gasteiger partial charge on any atom is 0.358 e. The number of amides is 3. The molecule has 1 aliphatic heterocycles. The summed E-state index contributed by atoms with van der Waals surface area (Å²) in [5.74, 6) is -1.55. The Hall–Kier alpha value is -3.69. The zero-order chi connectivity index (χ0) is 25.9. The lowest BCUT2D eigenvalue weighted by Crippen LogP contribution is -2.65. The first-order valence-electron chi connectivity index (χ1n) is 12.5. The third-order valence-corrected chi connectivity index (χ3v) is 6.76. The van der Waals surface area contributed by atoms with E-state index in [1.165, 1.54) is 22.6 Å². The van der Waals surface area contributed by atoms with Crippen LogP contribution < -0.4 is 15.5 Å². The van der Waals surface area contributed by atoms with Crippen LogP contribution in [0, 0.1) is 0 Å². The number of esters is 1. The topological polar surface area (TPSA) is 123 Å². The van der Waals surface area contributed by atoms with Gasteiger partial charge >= 0.3 is 5.97 Å². The molecule has 0 unspecified atom stereocenters. The van der Waals surface area contributed by atoms with E-state index in [9.17, 15) is 19.2 Å². The summed E-state index contributed by atoms with van der Waals surface area (Å²) in [5.41, 5.74) is -0.00448. The Kier molecular flexibility index (Phi) is 7.42. The van der Waals surface area contributed by atoms with Crippen molar-refractivity contribution in [2.45, 2.75) is 77.4 Å². The van der Waals surface area contributed by atoms with E-state index in [0.717, 1.165) is 38.5 Å². The van der Waals surface area contributed by atoms with Crippen LogP contribution in [0.2, 0.25) is 0 Å². The molecule has 10 heteroatoms. The molecule has 0 spiro atoms. The van der Waals surface area contributed by atoms with Gasteiger partial charge < -0.3 is 15.4 Å². The maximum absolute atomic E-state index is 13.8. The van der Waals surface area contributed by atoms with Crippen molar-refractivity contribution >= 4 is 35.1 Å². The molecule has 2 N–H and O–H groups in total. The van der Waals surface area contributed by atoms with Gasteiger partial charge in [-0.05, 0) is 51.0 Å². The first-order chi connectivity index (χ1) is 17.2. The van der Waals surface area contributed by atoms with Crippen molar-refractivity contribution < 1.29 is 23.9 Å². The first kappa shape index (κ1) is 25.4. The van der Waals surface area contributed by atoms with E-state index in [1.54, 1.807) is 38.1 Å². The van der Waals surface area contributed by atoms with Crippen molar-refractivity contribution in [1.82, 2.24) is 15.1 Å². The molecular weight excluding hydrogens is 462 g/mol. The number of hydrogen-bond donors (Lipinski definition) is 2. The highest BCUT2D eigenvalue weighted by Gasteiger charge is 2.49. The zero-order valence-electron chi connectivity index (χ0n) is 21.0. The summed E-state index contributed by atoms with van der Waals surface area (Å²) in [6, 6.07) is 8.21. The summed E-state index contributed by atoms with van der Waals surface area (Å²) >= 11 is 0. The third-order valence-electron chi connectivity index (χ3n) is 6.76. The highest BCUT2D eigenvalue weighted by atomic mass is 16.5. The Morgan fingerprint density at radius 3 is 2.39 bits per heavy atom. The summed E-state index contributed by atoms with van der Waals surface area (Å²) < 4.78 is 6.48. The summed E-state index contributed by atoms with van der Waals surface area (Å²) in [5, 5.41) is 10.2. The van der Waals surface area contributed by atoms with Crippen molar-refractivity contribution in [2.24, 2.45) is 0 Å². The molecule has 4 rings (SSSR count). The fourth-order valence-corrected chi connectivity index (χ4v) is 4.95. The predicted octanol–water partition coefficient (Wildman–Crippen LogP) is 3.28. The molecule has 2 aliphatic rings. The van der Waals surface area contributed by atoms with Crippen LogP contribution >= 0.6 is 0 Å². The lowest BCUT2D eigenvalue weighted by molar-refractivity contribution is -0.127. The van der Waals surface area contributed by atoms with Crippen molar-refractivity contribution in [2.75, 3.05) is 16.8 Å². The van der Waals surface area contributed by atoms with Gasteiger partial charge in [0.2, 0.25) is 11.8 Å². The van der Waals surface area contributed by atoms with Crippen LogP contribution in [0.4, 0.5) is 11.4 Å². The standard InChI is InChI=1S/C26H33N5O5/c1-4-36-24(34)21-15-22-23(33)31(20-13-11-19(12-14-20)27-17(2)32)26(3,16-30(22)29-21)25(35)28-18-9-7-5-6-8-10-18/h11-15,18H,4-10,16H2,1-3H3,(H,27,32)(H,28,35)/t26-/m1/s1. The van der Waals surface area contributed by atoms with Gasteiger partial charge in [0.25, 0.3) is 5.91 Å². The summed E-state index contributed by atoms with van der Waals surface area (Å²) in [6.07, 6.45) is 6.23. The van der Waals surface area contributed by atoms with Gasteiger partial charge in [-0.1, -0.05) is 25.7 Å². The van der Waals surface area contributed by atoms with Gasteiger partial charge in [0, 0.05) is 30.4 Å². The molecular formula is C26H33N5O5. The van der Waals surface area contributed by atoms with Crippen LogP contribution in [-0.2, 0) is 20.9 Å². The molecule has 2 aromatic rings. The minimum Gasteiger partial charge on any atom is -0.461 e. The number of nitrogens with zero attached hydrogens (tertiary/aromatic N) is 3. The minimum absolute atomic E-state index is 0.0228. The summed E-state index contributed by atoms with van der Waals surface area (Å²) in [4.78, 5) is 52.8. The number of aromatic nitrogens is 2. The number of fused-ring (bicyclic) bond motifs is 1. The van der Waals surface area contributed by atoms with Crippen LogP contribution in [0.3, 0.4) is 0 Å². The Balaban J connectivity index is 1.71. The molecule has 0 bridgehead atoms. The van der Waals surface area contributed by atoms with Crippen LogP contribution in [0.1, 0.15) is 80.3 Å². The predicted molar refractivity (Wildman–Crippen MR) is 134 cm³/mol. The van der Waals surface area contributed by atoms with Gasteiger partial charge in [-0.15, -0.1) is 0 Å². The molecule has 1 saturated carbocycles. The fourth-order valence-electron chi connectivity index (χ4n) is 4.95. The van der Waals surface area contributed by atoms with Crippen LogP contribution in [0.25, 0.3) is 0 Å². The molecule has 2 heterocycles. The Bertz CT molecular complexity index is 1150. The minimum atomic E-state index is -1.30.